The minimum Gasteiger partial charge on any atom is -0.444 e. The van der Waals surface area contributed by atoms with E-state index in [1.54, 1.807) is 42.4 Å². The molecule has 1 fully saturated rings. The highest BCUT2D eigenvalue weighted by Crippen LogP contribution is 2.20. The molecule has 9 nitrogen and oxygen atoms in total. The molecule has 1 aliphatic rings. The molecule has 0 saturated carbocycles. The number of ether oxygens (including phenoxy) is 1. The van der Waals surface area contributed by atoms with E-state index >= 15 is 0 Å². The van der Waals surface area contributed by atoms with Crippen LogP contribution in [0, 0.1) is 11.7 Å². The summed E-state index contributed by atoms with van der Waals surface area (Å²) < 4.78 is 20.0. The van der Waals surface area contributed by atoms with Crippen LogP contribution >= 0.6 is 0 Å². The van der Waals surface area contributed by atoms with Crippen molar-refractivity contribution in [3.8, 4) is 5.69 Å². The first kappa shape index (κ1) is 24.2. The highest BCUT2D eigenvalue weighted by Gasteiger charge is 2.30. The second-order valence-corrected chi connectivity index (χ2v) is 8.94. The fourth-order valence-corrected chi connectivity index (χ4v) is 3.61. The predicted octanol–water partition coefficient (Wildman–Crippen LogP) is 2.50. The monoisotopic (exact) mass is 459 g/mol. The van der Waals surface area contributed by atoms with Crippen molar-refractivity contribution in [2.24, 2.45) is 5.92 Å². The van der Waals surface area contributed by atoms with Crippen molar-refractivity contribution in [1.82, 2.24) is 25.1 Å². The summed E-state index contributed by atoms with van der Waals surface area (Å²) >= 11 is 0. The number of hydrogen-bond donors (Lipinski definition) is 2. The number of nitrogens with one attached hydrogen (secondary N) is 2. The number of likely N-dealkylation sites (tertiary alicyclic amines) is 1. The number of alkyl carbamates (subject to hydrolysis) is 1. The van der Waals surface area contributed by atoms with E-state index in [2.05, 4.69) is 15.6 Å². The van der Waals surface area contributed by atoms with Crippen molar-refractivity contribution in [2.75, 3.05) is 26.2 Å². The maximum Gasteiger partial charge on any atom is 0.407 e. The molecule has 1 aliphatic heterocycles. The minimum absolute atomic E-state index is 0.162. The molecule has 0 aliphatic carbocycles. The Morgan fingerprint density at radius 2 is 1.85 bits per heavy atom. The molecule has 3 rings (SSSR count). The van der Waals surface area contributed by atoms with Gasteiger partial charge in [0.25, 0.3) is 5.91 Å². The van der Waals surface area contributed by atoms with Crippen LogP contribution in [0.25, 0.3) is 5.69 Å². The second-order valence-electron chi connectivity index (χ2n) is 8.94. The molecule has 10 heteroatoms. The van der Waals surface area contributed by atoms with Crippen molar-refractivity contribution in [3.05, 3.63) is 48.3 Å². The molecule has 1 unspecified atom stereocenters. The van der Waals surface area contributed by atoms with Crippen LogP contribution in [0.3, 0.4) is 0 Å². The van der Waals surface area contributed by atoms with Gasteiger partial charge in [-0.2, -0.15) is 0 Å². The van der Waals surface area contributed by atoms with Gasteiger partial charge >= 0.3 is 6.09 Å². The van der Waals surface area contributed by atoms with E-state index < -0.39 is 11.7 Å². The van der Waals surface area contributed by atoms with Gasteiger partial charge in [0.2, 0.25) is 5.91 Å². The molecule has 0 spiro atoms. The van der Waals surface area contributed by atoms with Gasteiger partial charge in [-0.15, -0.1) is 0 Å². The Labute approximate surface area is 192 Å². The average Bonchev–Trinajstić information content (AvgIpc) is 3.25. The summed E-state index contributed by atoms with van der Waals surface area (Å²) in [7, 11) is 0. The summed E-state index contributed by atoms with van der Waals surface area (Å²) in [5, 5.41) is 5.40. The third-order valence-electron chi connectivity index (χ3n) is 5.13. The van der Waals surface area contributed by atoms with Crippen molar-refractivity contribution < 1.29 is 23.5 Å². The summed E-state index contributed by atoms with van der Waals surface area (Å²) in [6, 6.07) is 5.79. The zero-order chi connectivity index (χ0) is 24.0. The third kappa shape index (κ3) is 6.77. The molecule has 33 heavy (non-hydrogen) atoms. The lowest BCUT2D eigenvalue weighted by Gasteiger charge is -2.32. The number of carbonyl (C=O) groups is 3. The summed E-state index contributed by atoms with van der Waals surface area (Å²) in [4.78, 5) is 43.1. The first-order valence-corrected chi connectivity index (χ1v) is 11.0. The van der Waals surface area contributed by atoms with Gasteiger partial charge in [-0.25, -0.2) is 14.2 Å². The lowest BCUT2D eigenvalue weighted by Crippen LogP contribution is -2.47. The SMILES string of the molecule is CC(C)(C)OC(=O)NCCNC(=O)C1CCCN(C(=O)c2cncn2-c2ccc(F)cc2)C1. The van der Waals surface area contributed by atoms with Crippen LogP contribution in [0.1, 0.15) is 44.1 Å². The Morgan fingerprint density at radius 1 is 1.15 bits per heavy atom. The van der Waals surface area contributed by atoms with Gasteiger partial charge in [0.1, 0.15) is 17.1 Å². The molecule has 2 N–H and O–H groups in total. The van der Waals surface area contributed by atoms with E-state index in [9.17, 15) is 18.8 Å². The first-order chi connectivity index (χ1) is 15.6. The molecule has 1 atom stereocenters. The normalized spacial score (nSPS) is 16.2. The summed E-state index contributed by atoms with van der Waals surface area (Å²) in [5.74, 6) is -1.10. The molecular weight excluding hydrogens is 429 g/mol. The quantitative estimate of drug-likeness (QED) is 0.646. The van der Waals surface area contributed by atoms with Crippen molar-refractivity contribution >= 4 is 17.9 Å². The van der Waals surface area contributed by atoms with E-state index in [4.69, 9.17) is 4.74 Å². The number of hydrogen-bond acceptors (Lipinski definition) is 5. The van der Waals surface area contributed by atoms with E-state index in [0.717, 1.165) is 0 Å². The molecular formula is C23H30FN5O4. The molecule has 178 valence electrons. The largest absolute Gasteiger partial charge is 0.444 e. The maximum absolute atomic E-state index is 13.2. The number of carbonyl (C=O) groups excluding carboxylic acids is 3. The van der Waals surface area contributed by atoms with E-state index in [0.29, 0.717) is 37.3 Å². The summed E-state index contributed by atoms with van der Waals surface area (Å²) in [5.41, 5.74) is 0.391. The summed E-state index contributed by atoms with van der Waals surface area (Å²) in [6.45, 7) is 6.66. The lowest BCUT2D eigenvalue weighted by atomic mass is 9.97. The van der Waals surface area contributed by atoms with Crippen molar-refractivity contribution in [3.63, 3.8) is 0 Å². The van der Waals surface area contributed by atoms with Crippen molar-refractivity contribution in [2.45, 2.75) is 39.2 Å². The average molecular weight is 460 g/mol. The smallest absolute Gasteiger partial charge is 0.407 e. The third-order valence-corrected chi connectivity index (χ3v) is 5.13. The topological polar surface area (TPSA) is 106 Å². The van der Waals surface area contributed by atoms with Crippen LogP contribution in [0.4, 0.5) is 9.18 Å². The van der Waals surface area contributed by atoms with Gasteiger partial charge < -0.3 is 20.3 Å². The Morgan fingerprint density at radius 3 is 2.55 bits per heavy atom. The molecule has 1 aromatic heterocycles. The van der Waals surface area contributed by atoms with Gasteiger partial charge in [0.15, 0.2) is 0 Å². The number of nitrogens with zero attached hydrogens (tertiary/aromatic N) is 3. The van der Waals surface area contributed by atoms with E-state index in [1.165, 1.54) is 24.7 Å². The molecule has 0 bridgehead atoms. The number of piperidine rings is 1. The Balaban J connectivity index is 1.53. The first-order valence-electron chi connectivity index (χ1n) is 11.0. The van der Waals surface area contributed by atoms with Crippen LogP contribution < -0.4 is 10.6 Å². The molecule has 1 aromatic carbocycles. The lowest BCUT2D eigenvalue weighted by molar-refractivity contribution is -0.126. The predicted molar refractivity (Wildman–Crippen MR) is 119 cm³/mol. The van der Waals surface area contributed by atoms with Crippen LogP contribution in [-0.2, 0) is 9.53 Å². The number of amides is 3. The highest BCUT2D eigenvalue weighted by atomic mass is 19.1. The number of rotatable bonds is 6. The zero-order valence-corrected chi connectivity index (χ0v) is 19.1. The summed E-state index contributed by atoms with van der Waals surface area (Å²) in [6.07, 6.45) is 3.81. The fraction of sp³-hybridized carbons (Fsp3) is 0.478. The number of aromatic nitrogens is 2. The van der Waals surface area contributed by atoms with E-state index in [-0.39, 0.29) is 36.6 Å². The Kier molecular flexibility index (Phi) is 7.67. The van der Waals surface area contributed by atoms with Crippen LogP contribution in [0.15, 0.2) is 36.8 Å². The maximum atomic E-state index is 13.2. The highest BCUT2D eigenvalue weighted by molar-refractivity contribution is 5.93. The van der Waals surface area contributed by atoms with Gasteiger partial charge in [-0.05, 0) is 57.9 Å². The van der Waals surface area contributed by atoms with Crippen molar-refractivity contribution in [1.29, 1.82) is 0 Å². The zero-order valence-electron chi connectivity index (χ0n) is 19.1. The Hall–Kier alpha value is -3.43. The number of halogens is 1. The minimum atomic E-state index is -0.586. The number of imidazole rings is 1. The second kappa shape index (κ2) is 10.5. The van der Waals surface area contributed by atoms with Gasteiger partial charge in [0.05, 0.1) is 18.4 Å². The van der Waals surface area contributed by atoms with Crippen LogP contribution in [-0.4, -0.2) is 64.1 Å². The molecule has 2 aromatic rings. The van der Waals surface area contributed by atoms with E-state index in [1.807, 2.05) is 0 Å². The molecule has 3 amide bonds. The standard InChI is InChI=1S/C23H30FN5O4/c1-23(2,3)33-22(32)27-11-10-26-20(30)16-5-4-12-28(14-16)21(31)19-13-25-15-29(19)18-8-6-17(24)7-9-18/h6-9,13,15-16H,4-5,10-12,14H2,1-3H3,(H,26,30)(H,27,32). The van der Waals surface area contributed by atoms with Gasteiger partial charge in [0, 0.05) is 31.9 Å². The van der Waals surface area contributed by atoms with Gasteiger partial charge in [-0.3, -0.25) is 14.2 Å². The fourth-order valence-electron chi connectivity index (χ4n) is 3.61. The number of benzene rings is 1. The van der Waals surface area contributed by atoms with Gasteiger partial charge in [-0.1, -0.05) is 0 Å². The molecule has 1 saturated heterocycles. The van der Waals surface area contributed by atoms with Crippen LogP contribution in [0.2, 0.25) is 0 Å². The molecule has 2 heterocycles. The van der Waals surface area contributed by atoms with Crippen LogP contribution in [0.5, 0.6) is 0 Å². The Bertz CT molecular complexity index is 983. The molecule has 0 radical (unpaired) electrons.